The number of aromatic nitrogens is 3. The highest BCUT2D eigenvalue weighted by Crippen LogP contribution is 2.16. The van der Waals surface area contributed by atoms with E-state index in [0.29, 0.717) is 6.54 Å². The van der Waals surface area contributed by atoms with Gasteiger partial charge in [0.2, 0.25) is 0 Å². The van der Waals surface area contributed by atoms with Crippen LogP contribution in [0.4, 0.5) is 4.79 Å². The van der Waals surface area contributed by atoms with Crippen LogP contribution in [0.1, 0.15) is 5.69 Å². The Kier molecular flexibility index (Phi) is 3.57. The molecule has 2 rings (SSSR count). The number of nitrogens with zero attached hydrogens (tertiary/aromatic N) is 3. The summed E-state index contributed by atoms with van der Waals surface area (Å²) in [5.74, 6) is 0. The minimum atomic E-state index is -0.472. The van der Waals surface area contributed by atoms with Gasteiger partial charge in [-0.25, -0.2) is 4.79 Å². The molecule has 6 heteroatoms. The van der Waals surface area contributed by atoms with Crippen molar-refractivity contribution in [3.05, 3.63) is 36.2 Å². The number of alkyl carbamates (subject to hydrolysis) is 1. The Morgan fingerprint density at radius 1 is 1.50 bits per heavy atom. The van der Waals surface area contributed by atoms with Gasteiger partial charge in [-0.2, -0.15) is 5.10 Å². The average Bonchev–Trinajstić information content (AvgIpc) is 2.78. The topological polar surface area (TPSA) is 69.0 Å². The summed E-state index contributed by atoms with van der Waals surface area (Å²) in [6.07, 6.45) is 1.26. The van der Waals surface area contributed by atoms with Gasteiger partial charge in [0, 0.05) is 13.2 Å². The van der Waals surface area contributed by atoms with E-state index in [1.54, 1.807) is 10.9 Å². The number of hydrogen-bond acceptors (Lipinski definition) is 4. The maximum atomic E-state index is 11.0. The van der Waals surface area contributed by atoms with Gasteiger partial charge >= 0.3 is 6.09 Å². The van der Waals surface area contributed by atoms with Crippen LogP contribution in [-0.4, -0.2) is 28.0 Å². The van der Waals surface area contributed by atoms with E-state index in [-0.39, 0.29) is 0 Å². The van der Waals surface area contributed by atoms with Gasteiger partial charge in [-0.15, -0.1) is 0 Å². The Bertz CT molecular complexity index is 536. The highest BCUT2D eigenvalue weighted by atomic mass is 16.5. The number of carbonyl (C=O) groups excluding carboxylic acids is 1. The fourth-order valence-electron chi connectivity index (χ4n) is 1.60. The molecule has 2 aromatic rings. The third-order valence-corrected chi connectivity index (χ3v) is 2.46. The molecule has 1 N–H and O–H groups in total. The van der Waals surface area contributed by atoms with Crippen LogP contribution in [0.25, 0.3) is 11.4 Å². The molecule has 94 valence electrons. The average molecular weight is 246 g/mol. The van der Waals surface area contributed by atoms with Crippen molar-refractivity contribution < 1.29 is 9.53 Å². The first-order valence-corrected chi connectivity index (χ1v) is 5.47. The number of ether oxygens (including phenoxy) is 1. The van der Waals surface area contributed by atoms with Gasteiger partial charge in [0.15, 0.2) is 0 Å². The van der Waals surface area contributed by atoms with Gasteiger partial charge in [0.25, 0.3) is 0 Å². The first-order chi connectivity index (χ1) is 8.70. The second-order valence-corrected chi connectivity index (χ2v) is 3.70. The van der Waals surface area contributed by atoms with Gasteiger partial charge in [-0.1, -0.05) is 6.07 Å². The largest absolute Gasteiger partial charge is 0.453 e. The quantitative estimate of drug-likeness (QED) is 0.887. The Balaban J connectivity index is 2.15. The van der Waals surface area contributed by atoms with Gasteiger partial charge < -0.3 is 10.1 Å². The summed E-state index contributed by atoms with van der Waals surface area (Å²) < 4.78 is 6.23. The van der Waals surface area contributed by atoms with E-state index >= 15 is 0 Å². The lowest BCUT2D eigenvalue weighted by Crippen LogP contribution is -2.22. The van der Waals surface area contributed by atoms with Crippen molar-refractivity contribution in [2.24, 2.45) is 7.05 Å². The minimum Gasteiger partial charge on any atom is -0.453 e. The molecule has 18 heavy (non-hydrogen) atoms. The molecule has 0 radical (unpaired) electrons. The molecule has 0 aliphatic rings. The van der Waals surface area contributed by atoms with Crippen molar-refractivity contribution in [3.63, 3.8) is 0 Å². The van der Waals surface area contributed by atoms with Crippen LogP contribution < -0.4 is 5.32 Å². The molecular weight excluding hydrogens is 232 g/mol. The maximum absolute atomic E-state index is 11.0. The second kappa shape index (κ2) is 5.31. The number of rotatable bonds is 3. The fraction of sp³-hybridized carbons (Fsp3) is 0.250. The summed E-state index contributed by atoms with van der Waals surface area (Å²) in [5, 5.41) is 6.88. The molecule has 2 heterocycles. The highest BCUT2D eigenvalue weighted by molar-refractivity contribution is 5.67. The van der Waals surface area contributed by atoms with Crippen molar-refractivity contribution in [1.29, 1.82) is 0 Å². The lowest BCUT2D eigenvalue weighted by Gasteiger charge is -1.99. The van der Waals surface area contributed by atoms with Crippen molar-refractivity contribution in [2.45, 2.75) is 6.54 Å². The van der Waals surface area contributed by atoms with E-state index in [1.807, 2.05) is 31.3 Å². The zero-order valence-electron chi connectivity index (χ0n) is 10.3. The molecule has 6 nitrogen and oxygen atoms in total. The summed E-state index contributed by atoms with van der Waals surface area (Å²) in [6, 6.07) is 7.58. The smallest absolute Gasteiger partial charge is 0.407 e. The summed E-state index contributed by atoms with van der Waals surface area (Å²) in [6.45, 7) is 0.327. The number of nitrogens with one attached hydrogen (secondary N) is 1. The van der Waals surface area contributed by atoms with Crippen LogP contribution in [0.15, 0.2) is 30.5 Å². The minimum absolute atomic E-state index is 0.327. The molecular formula is C12H14N4O2. The number of methoxy groups -OCH3 is 1. The third-order valence-electron chi connectivity index (χ3n) is 2.46. The predicted molar refractivity (Wildman–Crippen MR) is 65.7 cm³/mol. The summed E-state index contributed by atoms with van der Waals surface area (Å²) in [4.78, 5) is 15.2. The molecule has 0 spiro atoms. The molecule has 0 unspecified atom stereocenters. The van der Waals surface area contributed by atoms with Crippen molar-refractivity contribution in [2.75, 3.05) is 7.11 Å². The molecule has 0 saturated carbocycles. The zero-order valence-corrected chi connectivity index (χ0v) is 10.3. The van der Waals surface area contributed by atoms with Gasteiger partial charge in [0.05, 0.1) is 30.7 Å². The van der Waals surface area contributed by atoms with Crippen molar-refractivity contribution >= 4 is 6.09 Å². The van der Waals surface area contributed by atoms with Crippen molar-refractivity contribution in [1.82, 2.24) is 20.1 Å². The van der Waals surface area contributed by atoms with Gasteiger partial charge in [-0.05, 0) is 18.2 Å². The molecule has 2 aromatic heterocycles. The van der Waals surface area contributed by atoms with Crippen LogP contribution >= 0.6 is 0 Å². The molecule has 0 aliphatic carbocycles. The van der Waals surface area contributed by atoms with E-state index in [0.717, 1.165) is 17.1 Å². The Labute approximate surface area is 105 Å². The van der Waals surface area contributed by atoms with E-state index in [9.17, 15) is 4.79 Å². The molecule has 0 atom stereocenters. The van der Waals surface area contributed by atoms with Gasteiger partial charge in [-0.3, -0.25) is 9.67 Å². The fourth-order valence-corrected chi connectivity index (χ4v) is 1.60. The van der Waals surface area contributed by atoms with Gasteiger partial charge in [0.1, 0.15) is 0 Å². The molecule has 0 fully saturated rings. The standard InChI is InChI=1S/C12H14N4O2/c1-16-11(10-5-3-4-6-13-10)7-9(15-16)8-14-12(17)18-2/h3-7H,8H2,1-2H3,(H,14,17). The number of carbonyl (C=O) groups is 1. The van der Waals surface area contributed by atoms with E-state index < -0.39 is 6.09 Å². The van der Waals surface area contributed by atoms with Crippen LogP contribution in [0.2, 0.25) is 0 Å². The third kappa shape index (κ3) is 2.65. The van der Waals surface area contributed by atoms with Crippen LogP contribution in [0, 0.1) is 0 Å². The Morgan fingerprint density at radius 3 is 3.00 bits per heavy atom. The summed E-state index contributed by atoms with van der Waals surface area (Å²) in [5.41, 5.74) is 2.50. The monoisotopic (exact) mass is 246 g/mol. The summed E-state index contributed by atoms with van der Waals surface area (Å²) >= 11 is 0. The maximum Gasteiger partial charge on any atom is 0.407 e. The van der Waals surface area contributed by atoms with E-state index in [4.69, 9.17) is 0 Å². The number of hydrogen-bond donors (Lipinski definition) is 1. The second-order valence-electron chi connectivity index (χ2n) is 3.70. The molecule has 0 aromatic carbocycles. The first-order valence-electron chi connectivity index (χ1n) is 5.47. The first kappa shape index (κ1) is 12.1. The normalized spacial score (nSPS) is 10.1. The molecule has 0 bridgehead atoms. The molecule has 1 amide bonds. The molecule has 0 saturated heterocycles. The summed E-state index contributed by atoms with van der Waals surface area (Å²) in [7, 11) is 3.17. The van der Waals surface area contributed by atoms with Crippen molar-refractivity contribution in [3.8, 4) is 11.4 Å². The molecule has 0 aliphatic heterocycles. The van der Waals surface area contributed by atoms with Crippen LogP contribution in [0.3, 0.4) is 0 Å². The van der Waals surface area contributed by atoms with E-state index in [1.165, 1.54) is 7.11 Å². The van der Waals surface area contributed by atoms with Crippen LogP contribution in [-0.2, 0) is 18.3 Å². The van der Waals surface area contributed by atoms with E-state index in [2.05, 4.69) is 20.1 Å². The Morgan fingerprint density at radius 2 is 2.33 bits per heavy atom. The zero-order chi connectivity index (χ0) is 13.0. The van der Waals surface area contributed by atoms with Crippen LogP contribution in [0.5, 0.6) is 0 Å². The Hall–Kier alpha value is -2.37. The predicted octanol–water partition coefficient (Wildman–Crippen LogP) is 1.34. The number of aryl methyl sites for hydroxylation is 1. The number of amides is 1. The SMILES string of the molecule is COC(=O)NCc1cc(-c2ccccn2)n(C)n1. The lowest BCUT2D eigenvalue weighted by atomic mass is 10.2. The number of pyridine rings is 1. The lowest BCUT2D eigenvalue weighted by molar-refractivity contribution is 0.170. The highest BCUT2D eigenvalue weighted by Gasteiger charge is 2.09.